The molecule has 30 heavy (non-hydrogen) atoms. The highest BCUT2D eigenvalue weighted by Crippen LogP contribution is 2.17. The molecule has 0 aliphatic carbocycles. The van der Waals surface area contributed by atoms with Gasteiger partial charge < -0.3 is 5.32 Å². The van der Waals surface area contributed by atoms with Gasteiger partial charge in [0.05, 0.1) is 21.7 Å². The first-order valence-corrected chi connectivity index (χ1v) is 11.1. The Kier molecular flexibility index (Phi) is 5.33. The van der Waals surface area contributed by atoms with Gasteiger partial charge in [-0.05, 0) is 48.0 Å². The molecule has 8 heteroatoms. The number of hydrogen-bond acceptors (Lipinski definition) is 5. The molecule has 0 aliphatic rings. The maximum Gasteiger partial charge on any atom is 0.251 e. The van der Waals surface area contributed by atoms with Crippen molar-refractivity contribution in [3.63, 3.8) is 0 Å². The molecular weight excluding hydrogens is 400 g/mol. The number of nitrogens with zero attached hydrogens (tertiary/aromatic N) is 3. The van der Waals surface area contributed by atoms with Crippen LogP contribution in [0.25, 0.3) is 16.9 Å². The van der Waals surface area contributed by atoms with Crippen molar-refractivity contribution in [2.45, 2.75) is 18.4 Å². The first-order chi connectivity index (χ1) is 14.5. The van der Waals surface area contributed by atoms with E-state index in [1.807, 2.05) is 41.0 Å². The number of nitrogens with one attached hydrogen (secondary N) is 1. The molecule has 4 rings (SSSR count). The summed E-state index contributed by atoms with van der Waals surface area (Å²) in [6.07, 6.45) is 3.44. The molecule has 0 radical (unpaired) electrons. The summed E-state index contributed by atoms with van der Waals surface area (Å²) >= 11 is 0. The topological polar surface area (TPSA) is 94.0 Å². The van der Waals surface area contributed by atoms with Gasteiger partial charge in [-0.25, -0.2) is 18.4 Å². The molecule has 0 saturated carbocycles. The number of para-hydroxylation sites is 2. The number of fused-ring (bicyclic) bond motifs is 1. The van der Waals surface area contributed by atoms with E-state index in [9.17, 15) is 13.2 Å². The number of sulfone groups is 1. The monoisotopic (exact) mass is 420 g/mol. The zero-order valence-electron chi connectivity index (χ0n) is 16.3. The maximum atomic E-state index is 12.4. The molecule has 0 bridgehead atoms. The SMILES string of the molecule is CCS(=O)(=O)c1ccc(C(=O)NCc2ccc(-n3cnc4ccccc43)nc2)cc1. The Bertz CT molecular complexity index is 1290. The molecule has 1 N–H and O–H groups in total. The van der Waals surface area contributed by atoms with E-state index in [0.29, 0.717) is 12.1 Å². The minimum absolute atomic E-state index is 0.0242. The minimum atomic E-state index is -3.28. The lowest BCUT2D eigenvalue weighted by atomic mass is 10.2. The molecule has 4 aromatic rings. The zero-order chi connectivity index (χ0) is 21.1. The zero-order valence-corrected chi connectivity index (χ0v) is 17.1. The van der Waals surface area contributed by atoms with Crippen LogP contribution >= 0.6 is 0 Å². The number of carbonyl (C=O) groups excluding carboxylic acids is 1. The third-order valence-corrected chi connectivity index (χ3v) is 6.57. The molecule has 2 heterocycles. The summed E-state index contributed by atoms with van der Waals surface area (Å²) in [7, 11) is -3.28. The summed E-state index contributed by atoms with van der Waals surface area (Å²) in [6, 6.07) is 17.5. The molecule has 0 spiro atoms. The molecule has 1 amide bonds. The van der Waals surface area contributed by atoms with Crippen molar-refractivity contribution < 1.29 is 13.2 Å². The average molecular weight is 420 g/mol. The van der Waals surface area contributed by atoms with Crippen LogP contribution in [0.3, 0.4) is 0 Å². The first-order valence-electron chi connectivity index (χ1n) is 9.46. The van der Waals surface area contributed by atoms with Crippen LogP contribution in [0.15, 0.2) is 78.1 Å². The quantitative estimate of drug-likeness (QED) is 0.517. The van der Waals surface area contributed by atoms with E-state index < -0.39 is 9.84 Å². The molecule has 2 aromatic heterocycles. The van der Waals surface area contributed by atoms with Crippen LogP contribution in [0.4, 0.5) is 0 Å². The van der Waals surface area contributed by atoms with Gasteiger partial charge in [-0.2, -0.15) is 0 Å². The number of imidazole rings is 1. The van der Waals surface area contributed by atoms with Gasteiger partial charge in [0.1, 0.15) is 12.1 Å². The van der Waals surface area contributed by atoms with E-state index in [2.05, 4.69) is 15.3 Å². The van der Waals surface area contributed by atoms with Crippen molar-refractivity contribution in [3.05, 3.63) is 84.3 Å². The Morgan fingerprint density at radius 1 is 1.00 bits per heavy atom. The number of carbonyl (C=O) groups is 1. The largest absolute Gasteiger partial charge is 0.348 e. The van der Waals surface area contributed by atoms with Crippen LogP contribution in [0.5, 0.6) is 0 Å². The minimum Gasteiger partial charge on any atom is -0.348 e. The predicted octanol–water partition coefficient (Wildman–Crippen LogP) is 3.14. The van der Waals surface area contributed by atoms with Crippen LogP contribution in [-0.2, 0) is 16.4 Å². The van der Waals surface area contributed by atoms with E-state index >= 15 is 0 Å². The highest BCUT2D eigenvalue weighted by Gasteiger charge is 2.13. The maximum absolute atomic E-state index is 12.4. The van der Waals surface area contributed by atoms with Crippen LogP contribution in [0, 0.1) is 0 Å². The smallest absolute Gasteiger partial charge is 0.251 e. The van der Waals surface area contributed by atoms with E-state index in [1.54, 1.807) is 19.4 Å². The Morgan fingerprint density at radius 2 is 1.77 bits per heavy atom. The second-order valence-electron chi connectivity index (χ2n) is 6.74. The van der Waals surface area contributed by atoms with Gasteiger partial charge in [0, 0.05) is 18.3 Å². The van der Waals surface area contributed by atoms with E-state index in [0.717, 1.165) is 22.4 Å². The Labute approximate surface area is 174 Å². The lowest BCUT2D eigenvalue weighted by Crippen LogP contribution is -2.23. The first kappa shape index (κ1) is 19.8. The van der Waals surface area contributed by atoms with Crippen molar-refractivity contribution in [2.75, 3.05) is 5.75 Å². The average Bonchev–Trinajstić information content (AvgIpc) is 3.22. The Hall–Kier alpha value is -3.52. The lowest BCUT2D eigenvalue weighted by Gasteiger charge is -2.08. The van der Waals surface area contributed by atoms with Gasteiger partial charge in [-0.1, -0.05) is 25.1 Å². The Balaban J connectivity index is 1.42. The van der Waals surface area contributed by atoms with Crippen LogP contribution < -0.4 is 5.32 Å². The van der Waals surface area contributed by atoms with E-state index in [4.69, 9.17) is 0 Å². The summed E-state index contributed by atoms with van der Waals surface area (Å²) in [4.78, 5) is 21.4. The van der Waals surface area contributed by atoms with Crippen molar-refractivity contribution in [2.24, 2.45) is 0 Å². The highest BCUT2D eigenvalue weighted by atomic mass is 32.2. The molecule has 7 nitrogen and oxygen atoms in total. The number of benzene rings is 2. The van der Waals surface area contributed by atoms with Gasteiger partial charge in [0.15, 0.2) is 9.84 Å². The van der Waals surface area contributed by atoms with Gasteiger partial charge in [0.25, 0.3) is 5.91 Å². The summed E-state index contributed by atoms with van der Waals surface area (Å²) in [5.74, 6) is 0.489. The van der Waals surface area contributed by atoms with E-state index in [1.165, 1.54) is 24.3 Å². The standard InChI is InChI=1S/C22H20N4O3S/c1-2-30(28,29)18-10-8-17(9-11-18)22(27)24-14-16-7-12-21(23-13-16)26-15-25-19-5-3-4-6-20(19)26/h3-13,15H,2,14H2,1H3,(H,24,27). The molecule has 0 atom stereocenters. The van der Waals surface area contributed by atoms with Gasteiger partial charge in [-0.15, -0.1) is 0 Å². The van der Waals surface area contributed by atoms with Crippen molar-refractivity contribution in [1.82, 2.24) is 19.9 Å². The predicted molar refractivity (Wildman–Crippen MR) is 114 cm³/mol. The molecule has 152 valence electrons. The number of aromatic nitrogens is 3. The van der Waals surface area contributed by atoms with Gasteiger partial charge >= 0.3 is 0 Å². The fraction of sp³-hybridized carbons (Fsp3) is 0.136. The van der Waals surface area contributed by atoms with Gasteiger partial charge in [0.2, 0.25) is 0 Å². The van der Waals surface area contributed by atoms with Gasteiger partial charge in [-0.3, -0.25) is 9.36 Å². The van der Waals surface area contributed by atoms with E-state index in [-0.39, 0.29) is 16.6 Å². The summed E-state index contributed by atoms with van der Waals surface area (Å²) in [6.45, 7) is 1.90. The fourth-order valence-electron chi connectivity index (χ4n) is 3.07. The molecule has 0 fully saturated rings. The number of amides is 1. The van der Waals surface area contributed by atoms with Crippen molar-refractivity contribution in [1.29, 1.82) is 0 Å². The highest BCUT2D eigenvalue weighted by molar-refractivity contribution is 7.91. The lowest BCUT2D eigenvalue weighted by molar-refractivity contribution is 0.0951. The van der Waals surface area contributed by atoms with Crippen molar-refractivity contribution >= 4 is 26.8 Å². The fourth-order valence-corrected chi connectivity index (χ4v) is 3.95. The van der Waals surface area contributed by atoms with Crippen LogP contribution in [0.1, 0.15) is 22.8 Å². The van der Waals surface area contributed by atoms with Crippen LogP contribution in [-0.4, -0.2) is 34.6 Å². The normalized spacial score (nSPS) is 11.5. The third kappa shape index (κ3) is 3.95. The summed E-state index contributed by atoms with van der Waals surface area (Å²) in [5, 5.41) is 2.82. The summed E-state index contributed by atoms with van der Waals surface area (Å²) in [5.41, 5.74) is 3.12. The third-order valence-electron chi connectivity index (χ3n) is 4.82. The number of rotatable bonds is 6. The number of pyridine rings is 1. The molecule has 0 unspecified atom stereocenters. The molecule has 2 aromatic carbocycles. The molecule has 0 saturated heterocycles. The van der Waals surface area contributed by atoms with Crippen molar-refractivity contribution in [3.8, 4) is 5.82 Å². The van der Waals surface area contributed by atoms with Crippen LogP contribution in [0.2, 0.25) is 0 Å². The second-order valence-corrected chi connectivity index (χ2v) is 9.02. The molecule has 0 aliphatic heterocycles. The second kappa shape index (κ2) is 8.08. The molecular formula is C22H20N4O3S. The number of hydrogen-bond donors (Lipinski definition) is 1. The summed E-state index contributed by atoms with van der Waals surface area (Å²) < 4.78 is 25.6. The Morgan fingerprint density at radius 3 is 2.47 bits per heavy atom.